The van der Waals surface area contributed by atoms with Crippen LogP contribution in [0.5, 0.6) is 0 Å². The topological polar surface area (TPSA) is 121 Å². The van der Waals surface area contributed by atoms with Crippen LogP contribution in [0, 0.1) is 5.92 Å². The van der Waals surface area contributed by atoms with E-state index in [-0.39, 0.29) is 18.9 Å². The molecule has 0 spiro atoms. The first-order valence-electron chi connectivity index (χ1n) is 11.7. The van der Waals surface area contributed by atoms with Crippen LogP contribution in [0.2, 0.25) is 0 Å². The van der Waals surface area contributed by atoms with Gasteiger partial charge in [0.05, 0.1) is 6.42 Å². The number of nitrogens with zero attached hydrogens (tertiary/aromatic N) is 2. The lowest BCUT2D eigenvalue weighted by Crippen LogP contribution is -2.53. The van der Waals surface area contributed by atoms with Gasteiger partial charge in [-0.25, -0.2) is 14.6 Å². The van der Waals surface area contributed by atoms with Crippen LogP contribution in [0.15, 0.2) is 42.5 Å². The molecular formula is C25H30N4O5. The number of aliphatic carboxylic acids is 1. The van der Waals surface area contributed by atoms with E-state index in [9.17, 15) is 19.5 Å². The van der Waals surface area contributed by atoms with Gasteiger partial charge in [-0.05, 0) is 48.8 Å². The summed E-state index contributed by atoms with van der Waals surface area (Å²) in [5, 5.41) is 15.0. The van der Waals surface area contributed by atoms with E-state index in [2.05, 4.69) is 22.8 Å². The predicted octanol–water partition coefficient (Wildman–Crippen LogP) is 2.60. The number of hydrogen-bond acceptors (Lipinski definition) is 6. The number of aryl methyl sites for hydroxylation is 2. The first-order chi connectivity index (χ1) is 16.5. The molecular weight excluding hydrogens is 436 g/mol. The summed E-state index contributed by atoms with van der Waals surface area (Å²) in [5.41, 5.74) is 3.09. The number of rotatable bonds is 9. The summed E-state index contributed by atoms with van der Waals surface area (Å²) in [4.78, 5) is 42.4. The maximum absolute atomic E-state index is 12.5. The monoisotopic (exact) mass is 466 g/mol. The number of fused-ring (bicyclic) bond motifs is 1. The van der Waals surface area contributed by atoms with Gasteiger partial charge in [0.1, 0.15) is 18.5 Å². The maximum atomic E-state index is 12.5. The number of carbonyl (C=O) groups is 3. The Morgan fingerprint density at radius 2 is 1.97 bits per heavy atom. The lowest BCUT2D eigenvalue weighted by Gasteiger charge is -2.40. The van der Waals surface area contributed by atoms with E-state index in [0.29, 0.717) is 19.0 Å². The summed E-state index contributed by atoms with van der Waals surface area (Å²) < 4.78 is 5.07. The molecule has 1 fully saturated rings. The summed E-state index contributed by atoms with van der Waals surface area (Å²) in [6, 6.07) is 12.0. The van der Waals surface area contributed by atoms with Crippen molar-refractivity contribution in [2.45, 2.75) is 44.8 Å². The van der Waals surface area contributed by atoms with E-state index in [1.165, 1.54) is 5.56 Å². The zero-order valence-electron chi connectivity index (χ0n) is 19.0. The number of carboxylic acids is 1. The van der Waals surface area contributed by atoms with Crippen molar-refractivity contribution < 1.29 is 24.2 Å². The van der Waals surface area contributed by atoms with E-state index in [1.54, 1.807) is 17.0 Å². The zero-order chi connectivity index (χ0) is 23.9. The van der Waals surface area contributed by atoms with Gasteiger partial charge in [0.2, 0.25) is 5.91 Å². The lowest BCUT2D eigenvalue weighted by molar-refractivity contribution is -0.145. The highest BCUT2D eigenvalue weighted by molar-refractivity contribution is 5.87. The molecule has 9 heteroatoms. The highest BCUT2D eigenvalue weighted by Crippen LogP contribution is 2.24. The number of carboxylic acid groups (broad SMARTS) is 1. The number of nitrogens with one attached hydrogen (secondary N) is 2. The third-order valence-corrected chi connectivity index (χ3v) is 6.25. The Morgan fingerprint density at radius 3 is 2.74 bits per heavy atom. The van der Waals surface area contributed by atoms with E-state index < -0.39 is 18.1 Å². The van der Waals surface area contributed by atoms with Crippen LogP contribution in [-0.4, -0.2) is 58.6 Å². The highest BCUT2D eigenvalue weighted by atomic mass is 16.5. The standard InChI is InChI=1S/C25H30N4O5/c30-22(13-21(24(31)32)28-25(33)34-16-17-5-2-1-3-6-17)29-14-18(15-29)8-10-20-11-9-19-7-4-12-26-23(19)27-20/h1-3,5-6,9,11,18,21H,4,7-8,10,12-16H2,(H,26,27)(H,28,33)(H,31,32)/t21-/m0/s1. The van der Waals surface area contributed by atoms with E-state index >= 15 is 0 Å². The van der Waals surface area contributed by atoms with Gasteiger partial charge in [-0.2, -0.15) is 0 Å². The Hall–Kier alpha value is -3.62. The molecule has 1 aromatic carbocycles. The fraction of sp³-hybridized carbons (Fsp3) is 0.440. The number of pyridine rings is 1. The summed E-state index contributed by atoms with van der Waals surface area (Å²) in [6.45, 7) is 2.16. The molecule has 0 radical (unpaired) electrons. The molecule has 9 nitrogen and oxygen atoms in total. The molecule has 0 aliphatic carbocycles. The molecule has 1 aromatic heterocycles. The first kappa shape index (κ1) is 23.5. The van der Waals surface area contributed by atoms with Crippen LogP contribution < -0.4 is 10.6 Å². The number of anilines is 1. The molecule has 0 saturated carbocycles. The molecule has 3 N–H and O–H groups in total. The van der Waals surface area contributed by atoms with Crippen molar-refractivity contribution in [2.75, 3.05) is 25.0 Å². The fourth-order valence-electron chi connectivity index (χ4n) is 4.23. The molecule has 2 aliphatic rings. The maximum Gasteiger partial charge on any atom is 0.408 e. The van der Waals surface area contributed by atoms with Gasteiger partial charge in [0.25, 0.3) is 0 Å². The van der Waals surface area contributed by atoms with Gasteiger partial charge in [-0.15, -0.1) is 0 Å². The minimum Gasteiger partial charge on any atom is -0.480 e. The normalized spacial score (nSPS) is 15.9. The lowest BCUT2D eigenvalue weighted by atomic mass is 9.93. The molecule has 1 saturated heterocycles. The Kier molecular flexibility index (Phi) is 7.61. The average molecular weight is 467 g/mol. The van der Waals surface area contributed by atoms with Crippen molar-refractivity contribution in [3.8, 4) is 0 Å². The SMILES string of the molecule is O=C(N[C@@H](CC(=O)N1CC(CCc2ccc3c(n2)NCCC3)C1)C(=O)O)OCc1ccccc1. The Labute approximate surface area is 198 Å². The molecule has 0 unspecified atom stereocenters. The average Bonchev–Trinajstić information content (AvgIpc) is 2.82. The highest BCUT2D eigenvalue weighted by Gasteiger charge is 2.33. The minimum absolute atomic E-state index is 0.0237. The molecule has 4 rings (SSSR count). The van der Waals surface area contributed by atoms with Crippen LogP contribution in [0.4, 0.5) is 10.6 Å². The van der Waals surface area contributed by atoms with E-state index in [0.717, 1.165) is 49.3 Å². The second-order valence-electron chi connectivity index (χ2n) is 8.85. The largest absolute Gasteiger partial charge is 0.480 e. The van der Waals surface area contributed by atoms with Gasteiger partial charge < -0.3 is 25.4 Å². The minimum atomic E-state index is -1.33. The number of alkyl carbamates (subject to hydrolysis) is 1. The van der Waals surface area contributed by atoms with E-state index in [4.69, 9.17) is 9.72 Å². The molecule has 3 heterocycles. The van der Waals surface area contributed by atoms with Crippen LogP contribution in [-0.2, 0) is 33.8 Å². The first-order valence-corrected chi connectivity index (χ1v) is 11.7. The van der Waals surface area contributed by atoms with E-state index in [1.807, 2.05) is 18.2 Å². The second-order valence-corrected chi connectivity index (χ2v) is 8.85. The number of benzene rings is 1. The quantitative estimate of drug-likeness (QED) is 0.519. The number of amides is 2. The van der Waals surface area contributed by atoms with Crippen LogP contribution in [0.3, 0.4) is 0 Å². The number of ether oxygens (including phenoxy) is 1. The third-order valence-electron chi connectivity index (χ3n) is 6.25. The number of hydrogen-bond donors (Lipinski definition) is 3. The molecule has 2 aromatic rings. The van der Waals surface area contributed by atoms with Gasteiger partial charge in [0, 0.05) is 25.3 Å². The van der Waals surface area contributed by atoms with Crippen molar-refractivity contribution in [2.24, 2.45) is 5.92 Å². The molecule has 1 atom stereocenters. The summed E-state index contributed by atoms with van der Waals surface area (Å²) in [5.74, 6) is -0.206. The third kappa shape index (κ3) is 6.24. The molecule has 0 bridgehead atoms. The van der Waals surface area contributed by atoms with Crippen LogP contribution >= 0.6 is 0 Å². The van der Waals surface area contributed by atoms with Gasteiger partial charge in [-0.1, -0.05) is 36.4 Å². The summed E-state index contributed by atoms with van der Waals surface area (Å²) >= 11 is 0. The van der Waals surface area contributed by atoms with Crippen molar-refractivity contribution >= 4 is 23.8 Å². The number of likely N-dealkylation sites (tertiary alicyclic amines) is 1. The molecule has 2 aliphatic heterocycles. The van der Waals surface area contributed by atoms with Crippen LogP contribution in [0.1, 0.15) is 36.1 Å². The van der Waals surface area contributed by atoms with Gasteiger partial charge in [0.15, 0.2) is 0 Å². The molecule has 180 valence electrons. The molecule has 34 heavy (non-hydrogen) atoms. The summed E-state index contributed by atoms with van der Waals surface area (Å²) in [7, 11) is 0. The van der Waals surface area contributed by atoms with Crippen molar-refractivity contribution in [1.82, 2.24) is 15.2 Å². The van der Waals surface area contributed by atoms with Crippen molar-refractivity contribution in [3.63, 3.8) is 0 Å². The van der Waals surface area contributed by atoms with Crippen LogP contribution in [0.25, 0.3) is 0 Å². The number of carbonyl (C=O) groups excluding carboxylic acids is 2. The smallest absolute Gasteiger partial charge is 0.408 e. The Balaban J connectivity index is 1.18. The predicted molar refractivity (Wildman–Crippen MR) is 125 cm³/mol. The van der Waals surface area contributed by atoms with Crippen molar-refractivity contribution in [3.05, 3.63) is 59.3 Å². The zero-order valence-corrected chi connectivity index (χ0v) is 19.0. The number of aromatic nitrogens is 1. The van der Waals surface area contributed by atoms with Crippen molar-refractivity contribution in [1.29, 1.82) is 0 Å². The Bertz CT molecular complexity index is 1020. The van der Waals surface area contributed by atoms with Gasteiger partial charge >= 0.3 is 12.1 Å². The summed E-state index contributed by atoms with van der Waals surface area (Å²) in [6.07, 6.45) is 2.79. The molecule has 2 amide bonds. The van der Waals surface area contributed by atoms with Gasteiger partial charge in [-0.3, -0.25) is 4.79 Å². The fourth-order valence-corrected chi connectivity index (χ4v) is 4.23. The Morgan fingerprint density at radius 1 is 1.18 bits per heavy atom. The second kappa shape index (κ2) is 11.0.